The molecule has 0 N–H and O–H groups in total. The van der Waals surface area contributed by atoms with E-state index in [-0.39, 0.29) is 11.5 Å². The van der Waals surface area contributed by atoms with E-state index in [4.69, 9.17) is 4.74 Å². The maximum atomic E-state index is 5.82. The van der Waals surface area contributed by atoms with E-state index in [2.05, 4.69) is 62.1 Å². The molecule has 0 amide bonds. The van der Waals surface area contributed by atoms with Crippen LogP contribution in [0.1, 0.15) is 40.2 Å². The van der Waals surface area contributed by atoms with Crippen molar-refractivity contribution >= 4 is 14.5 Å². The maximum absolute atomic E-state index is 5.82. The molecule has 0 aliphatic rings. The fourth-order valence-electron chi connectivity index (χ4n) is 1.49. The molecule has 0 radical (unpaired) electrons. The Morgan fingerprint density at radius 2 is 1.80 bits per heavy atom. The molecule has 15 heavy (non-hydrogen) atoms. The second kappa shape index (κ2) is 4.53. The van der Waals surface area contributed by atoms with Crippen molar-refractivity contribution in [2.24, 2.45) is 0 Å². The third-order valence-corrected chi connectivity index (χ3v) is 2.53. The van der Waals surface area contributed by atoms with Crippen LogP contribution in [-0.4, -0.2) is 6.10 Å². The highest BCUT2D eigenvalue weighted by Gasteiger charge is 2.19. The molecule has 0 aromatic heterocycles. The predicted molar refractivity (Wildman–Crippen MR) is 70.3 cm³/mol. The zero-order valence-corrected chi connectivity index (χ0v) is 11.4. The number of hydrogen-bond acceptors (Lipinski definition) is 1. The van der Waals surface area contributed by atoms with Gasteiger partial charge in [0.1, 0.15) is 5.75 Å². The Hall–Kier alpha value is -0.550. The van der Waals surface area contributed by atoms with Crippen LogP contribution in [0.5, 0.6) is 5.75 Å². The first-order valence-electron chi connectivity index (χ1n) is 5.37. The monoisotopic (exact) mass is 224 g/mol. The van der Waals surface area contributed by atoms with Gasteiger partial charge in [0, 0.05) is 5.56 Å². The van der Waals surface area contributed by atoms with E-state index in [1.54, 1.807) is 0 Å². The standard InChI is InChI=1S/C13H21OP/c1-9(2)14-12-7-6-10(15)8-11(12)13(3,4)5/h6-9H,15H2,1-5H3. The van der Waals surface area contributed by atoms with Gasteiger partial charge in [-0.1, -0.05) is 26.8 Å². The van der Waals surface area contributed by atoms with Crippen LogP contribution < -0.4 is 10.0 Å². The summed E-state index contributed by atoms with van der Waals surface area (Å²) in [6.07, 6.45) is 0.224. The Morgan fingerprint density at radius 3 is 2.27 bits per heavy atom. The summed E-state index contributed by atoms with van der Waals surface area (Å²) < 4.78 is 5.82. The van der Waals surface area contributed by atoms with Crippen LogP contribution in [0.4, 0.5) is 0 Å². The molecule has 0 saturated carbocycles. The van der Waals surface area contributed by atoms with Gasteiger partial charge in [0.15, 0.2) is 0 Å². The second-order valence-corrected chi connectivity index (χ2v) is 5.84. The molecule has 2 heteroatoms. The van der Waals surface area contributed by atoms with Gasteiger partial charge in [-0.2, -0.15) is 0 Å². The van der Waals surface area contributed by atoms with Gasteiger partial charge in [-0.05, 0) is 36.7 Å². The van der Waals surface area contributed by atoms with Gasteiger partial charge >= 0.3 is 0 Å². The molecule has 0 heterocycles. The highest BCUT2D eigenvalue weighted by atomic mass is 31.0. The topological polar surface area (TPSA) is 9.23 Å². The van der Waals surface area contributed by atoms with Crippen molar-refractivity contribution in [3.8, 4) is 5.75 Å². The van der Waals surface area contributed by atoms with Crippen LogP contribution in [0, 0.1) is 0 Å². The molecule has 0 saturated heterocycles. The van der Waals surface area contributed by atoms with Crippen molar-refractivity contribution in [1.82, 2.24) is 0 Å². The number of hydrogen-bond donors (Lipinski definition) is 0. The summed E-state index contributed by atoms with van der Waals surface area (Å²) in [4.78, 5) is 0. The van der Waals surface area contributed by atoms with Crippen molar-refractivity contribution in [2.75, 3.05) is 0 Å². The molecule has 0 aliphatic heterocycles. The maximum Gasteiger partial charge on any atom is 0.123 e. The van der Waals surface area contributed by atoms with E-state index >= 15 is 0 Å². The SMILES string of the molecule is CC(C)Oc1ccc(P)cc1C(C)(C)C. The first-order chi connectivity index (χ1) is 6.80. The average Bonchev–Trinajstić information content (AvgIpc) is 2.05. The molecule has 1 rings (SSSR count). The van der Waals surface area contributed by atoms with E-state index in [0.717, 1.165) is 5.75 Å². The molecule has 1 atom stereocenters. The van der Waals surface area contributed by atoms with Crippen LogP contribution in [0.2, 0.25) is 0 Å². The molecular weight excluding hydrogens is 203 g/mol. The number of rotatable bonds is 2. The molecular formula is C13H21OP. The highest BCUT2D eigenvalue weighted by Crippen LogP contribution is 2.31. The lowest BCUT2D eigenvalue weighted by molar-refractivity contribution is 0.237. The van der Waals surface area contributed by atoms with Gasteiger partial charge in [-0.25, -0.2) is 0 Å². The minimum absolute atomic E-state index is 0.122. The van der Waals surface area contributed by atoms with Crippen molar-refractivity contribution in [3.63, 3.8) is 0 Å². The van der Waals surface area contributed by atoms with Crippen molar-refractivity contribution < 1.29 is 4.74 Å². The first-order valence-corrected chi connectivity index (χ1v) is 5.95. The molecule has 1 nitrogen and oxygen atoms in total. The Bertz CT molecular complexity index is 337. The highest BCUT2D eigenvalue weighted by molar-refractivity contribution is 7.27. The summed E-state index contributed by atoms with van der Waals surface area (Å²) in [7, 11) is 2.73. The second-order valence-electron chi connectivity index (χ2n) is 5.17. The first kappa shape index (κ1) is 12.5. The Labute approximate surface area is 95.4 Å². The molecule has 0 bridgehead atoms. The van der Waals surface area contributed by atoms with Gasteiger partial charge in [0.2, 0.25) is 0 Å². The Kier molecular flexibility index (Phi) is 3.78. The fourth-order valence-corrected chi connectivity index (χ4v) is 1.75. The minimum atomic E-state index is 0.122. The van der Waals surface area contributed by atoms with Crippen molar-refractivity contribution in [2.45, 2.75) is 46.1 Å². The molecule has 0 spiro atoms. The molecule has 1 aromatic rings. The zero-order chi connectivity index (χ0) is 11.6. The molecule has 1 unspecified atom stereocenters. The summed E-state index contributed by atoms with van der Waals surface area (Å²) in [5.74, 6) is 1.00. The molecule has 0 aliphatic carbocycles. The third kappa shape index (κ3) is 3.50. The fraction of sp³-hybridized carbons (Fsp3) is 0.538. The normalized spacial score (nSPS) is 11.9. The summed E-state index contributed by atoms with van der Waals surface area (Å²) >= 11 is 0. The van der Waals surface area contributed by atoms with Crippen LogP contribution in [-0.2, 0) is 5.41 Å². The van der Waals surface area contributed by atoms with Gasteiger partial charge < -0.3 is 4.74 Å². The van der Waals surface area contributed by atoms with Gasteiger partial charge in [0.05, 0.1) is 6.10 Å². The third-order valence-electron chi connectivity index (χ3n) is 2.17. The summed E-state index contributed by atoms with van der Waals surface area (Å²) in [5, 5.41) is 1.20. The smallest absolute Gasteiger partial charge is 0.123 e. The number of ether oxygens (including phenoxy) is 1. The van der Waals surface area contributed by atoms with Crippen molar-refractivity contribution in [3.05, 3.63) is 23.8 Å². The quantitative estimate of drug-likeness (QED) is 0.700. The summed E-state index contributed by atoms with van der Waals surface area (Å²) in [5.41, 5.74) is 1.39. The molecule has 84 valence electrons. The van der Waals surface area contributed by atoms with Crippen LogP contribution >= 0.6 is 9.24 Å². The van der Waals surface area contributed by atoms with Crippen LogP contribution in [0.15, 0.2) is 18.2 Å². The largest absolute Gasteiger partial charge is 0.491 e. The van der Waals surface area contributed by atoms with Gasteiger partial charge in [0.25, 0.3) is 0 Å². The van der Waals surface area contributed by atoms with E-state index in [0.29, 0.717) is 0 Å². The van der Waals surface area contributed by atoms with E-state index in [1.165, 1.54) is 10.9 Å². The van der Waals surface area contributed by atoms with Gasteiger partial charge in [-0.3, -0.25) is 0 Å². The van der Waals surface area contributed by atoms with Crippen LogP contribution in [0.3, 0.4) is 0 Å². The lowest BCUT2D eigenvalue weighted by atomic mass is 9.86. The Morgan fingerprint density at radius 1 is 1.20 bits per heavy atom. The average molecular weight is 224 g/mol. The summed E-state index contributed by atoms with van der Waals surface area (Å²) in [6.45, 7) is 10.7. The summed E-state index contributed by atoms with van der Waals surface area (Å²) in [6, 6.07) is 6.31. The lowest BCUT2D eigenvalue weighted by Gasteiger charge is -2.24. The lowest BCUT2D eigenvalue weighted by Crippen LogP contribution is -2.17. The van der Waals surface area contributed by atoms with E-state index in [9.17, 15) is 0 Å². The molecule has 1 aromatic carbocycles. The van der Waals surface area contributed by atoms with Crippen LogP contribution in [0.25, 0.3) is 0 Å². The van der Waals surface area contributed by atoms with Gasteiger partial charge in [-0.15, -0.1) is 9.24 Å². The number of benzene rings is 1. The van der Waals surface area contributed by atoms with E-state index in [1.807, 2.05) is 0 Å². The molecule has 0 fully saturated rings. The Balaban J connectivity index is 3.15. The zero-order valence-electron chi connectivity index (χ0n) is 10.3. The predicted octanol–water partition coefficient (Wildman–Crippen LogP) is 3.27. The van der Waals surface area contributed by atoms with Crippen molar-refractivity contribution in [1.29, 1.82) is 0 Å². The minimum Gasteiger partial charge on any atom is -0.491 e. The van der Waals surface area contributed by atoms with E-state index < -0.39 is 0 Å².